The highest BCUT2D eigenvalue weighted by atomic mass is 32.2. The van der Waals surface area contributed by atoms with Gasteiger partial charge in [-0.2, -0.15) is 11.8 Å². The van der Waals surface area contributed by atoms with E-state index in [0.29, 0.717) is 13.0 Å². The maximum atomic E-state index is 12.4. The third kappa shape index (κ3) is 6.90. The van der Waals surface area contributed by atoms with Crippen LogP contribution in [0.15, 0.2) is 48.5 Å². The van der Waals surface area contributed by atoms with Crippen molar-refractivity contribution in [2.24, 2.45) is 0 Å². The van der Waals surface area contributed by atoms with Gasteiger partial charge in [-0.05, 0) is 47.6 Å². The lowest BCUT2D eigenvalue weighted by Crippen LogP contribution is -2.39. The molecule has 0 saturated carbocycles. The molecule has 0 radical (unpaired) electrons. The summed E-state index contributed by atoms with van der Waals surface area (Å²) in [6, 6.07) is 16.5. The quantitative estimate of drug-likeness (QED) is 0.566. The number of amides is 1. The Labute approximate surface area is 174 Å². The van der Waals surface area contributed by atoms with E-state index in [1.54, 1.807) is 0 Å². The second kappa shape index (κ2) is 10.6. The Morgan fingerprint density at radius 3 is 2.39 bits per heavy atom. The molecule has 28 heavy (non-hydrogen) atoms. The van der Waals surface area contributed by atoms with E-state index in [4.69, 9.17) is 4.74 Å². The Bertz CT molecular complexity index is 750. The molecule has 1 amide bonds. The number of hydrogen-bond acceptors (Lipinski definition) is 3. The Morgan fingerprint density at radius 1 is 1.11 bits per heavy atom. The van der Waals surface area contributed by atoms with Crippen molar-refractivity contribution < 1.29 is 9.53 Å². The summed E-state index contributed by atoms with van der Waals surface area (Å²) in [6.45, 7) is 11.3. The molecule has 1 atom stereocenters. The third-order valence-corrected chi connectivity index (χ3v) is 5.73. The summed E-state index contributed by atoms with van der Waals surface area (Å²) in [5.74, 6) is 2.55. The van der Waals surface area contributed by atoms with Crippen LogP contribution in [0.2, 0.25) is 0 Å². The van der Waals surface area contributed by atoms with Gasteiger partial charge in [-0.15, -0.1) is 0 Å². The molecule has 3 nitrogen and oxygen atoms in total. The average Bonchev–Trinajstić information content (AvgIpc) is 2.66. The van der Waals surface area contributed by atoms with Crippen molar-refractivity contribution in [3.63, 3.8) is 0 Å². The van der Waals surface area contributed by atoms with E-state index >= 15 is 0 Å². The molecule has 0 fully saturated rings. The Hall–Kier alpha value is -1.94. The number of hydrogen-bond donors (Lipinski definition) is 1. The van der Waals surface area contributed by atoms with Crippen LogP contribution in [0.3, 0.4) is 0 Å². The Balaban J connectivity index is 1.76. The molecule has 1 N–H and O–H groups in total. The smallest absolute Gasteiger partial charge is 0.261 e. The van der Waals surface area contributed by atoms with Gasteiger partial charge in [0.05, 0.1) is 0 Å². The zero-order chi connectivity index (χ0) is 20.6. The van der Waals surface area contributed by atoms with Crippen molar-refractivity contribution in [3.8, 4) is 5.75 Å². The largest absolute Gasteiger partial charge is 0.481 e. The number of rotatable bonds is 9. The molecule has 152 valence electrons. The maximum Gasteiger partial charge on any atom is 0.261 e. The van der Waals surface area contributed by atoms with Crippen LogP contribution < -0.4 is 10.1 Å². The number of ether oxygens (including phenoxy) is 1. The highest BCUT2D eigenvalue weighted by Gasteiger charge is 2.19. The zero-order valence-corrected chi connectivity index (χ0v) is 18.6. The van der Waals surface area contributed by atoms with Crippen LogP contribution >= 0.6 is 11.8 Å². The van der Waals surface area contributed by atoms with E-state index in [9.17, 15) is 4.79 Å². The van der Waals surface area contributed by atoms with Gasteiger partial charge in [-0.1, -0.05) is 64.1 Å². The first-order valence-electron chi connectivity index (χ1n) is 9.98. The number of carbonyl (C=O) groups is 1. The molecule has 0 aliphatic carbocycles. The molecule has 0 spiro atoms. The van der Waals surface area contributed by atoms with Crippen LogP contribution in [-0.4, -0.2) is 24.3 Å². The summed E-state index contributed by atoms with van der Waals surface area (Å²) >= 11 is 1.83. The SMILES string of the molecule is CC[C@H](Oc1ccc(C(C)(C)C)cc1)C(=O)NCCSCc1ccccc1C. The molecule has 0 unspecified atom stereocenters. The third-order valence-electron chi connectivity index (χ3n) is 4.73. The van der Waals surface area contributed by atoms with E-state index in [1.165, 1.54) is 16.7 Å². The van der Waals surface area contributed by atoms with Crippen molar-refractivity contribution in [1.82, 2.24) is 5.32 Å². The molecular formula is C24H33NO2S. The molecule has 2 rings (SSSR count). The summed E-state index contributed by atoms with van der Waals surface area (Å²) in [5.41, 5.74) is 4.03. The van der Waals surface area contributed by atoms with Gasteiger partial charge in [0, 0.05) is 18.1 Å². The Kier molecular flexibility index (Phi) is 8.43. The van der Waals surface area contributed by atoms with Crippen LogP contribution in [0.25, 0.3) is 0 Å². The monoisotopic (exact) mass is 399 g/mol. The predicted molar refractivity (Wildman–Crippen MR) is 120 cm³/mol. The van der Waals surface area contributed by atoms with E-state index in [1.807, 2.05) is 30.8 Å². The normalized spacial score (nSPS) is 12.5. The minimum absolute atomic E-state index is 0.0427. The molecule has 2 aromatic carbocycles. The van der Waals surface area contributed by atoms with Crippen molar-refractivity contribution in [2.75, 3.05) is 12.3 Å². The van der Waals surface area contributed by atoms with Crippen molar-refractivity contribution in [1.29, 1.82) is 0 Å². The zero-order valence-electron chi connectivity index (χ0n) is 17.7. The van der Waals surface area contributed by atoms with E-state index in [2.05, 4.69) is 69.4 Å². The first-order valence-corrected chi connectivity index (χ1v) is 11.1. The number of carbonyl (C=O) groups excluding carboxylic acids is 1. The van der Waals surface area contributed by atoms with Gasteiger partial charge in [0.15, 0.2) is 6.10 Å². The maximum absolute atomic E-state index is 12.4. The van der Waals surface area contributed by atoms with E-state index in [0.717, 1.165) is 17.3 Å². The molecule has 0 heterocycles. The van der Waals surface area contributed by atoms with Gasteiger partial charge in [0.2, 0.25) is 0 Å². The van der Waals surface area contributed by atoms with E-state index < -0.39 is 6.10 Å². The Morgan fingerprint density at radius 2 is 1.79 bits per heavy atom. The first-order chi connectivity index (χ1) is 13.3. The lowest BCUT2D eigenvalue weighted by atomic mass is 9.87. The summed E-state index contributed by atoms with van der Waals surface area (Å²) in [4.78, 5) is 12.4. The van der Waals surface area contributed by atoms with Crippen LogP contribution in [0, 0.1) is 6.92 Å². The summed E-state index contributed by atoms with van der Waals surface area (Å²) in [6.07, 6.45) is 0.185. The molecule has 0 aliphatic heterocycles. The number of aryl methyl sites for hydroxylation is 1. The van der Waals surface area contributed by atoms with E-state index in [-0.39, 0.29) is 11.3 Å². The second-order valence-electron chi connectivity index (χ2n) is 8.06. The van der Waals surface area contributed by atoms with Crippen LogP contribution in [0.4, 0.5) is 0 Å². The van der Waals surface area contributed by atoms with Crippen LogP contribution in [0.1, 0.15) is 50.8 Å². The molecule has 2 aromatic rings. The van der Waals surface area contributed by atoms with Crippen molar-refractivity contribution >= 4 is 17.7 Å². The minimum Gasteiger partial charge on any atom is -0.481 e. The van der Waals surface area contributed by atoms with Gasteiger partial charge in [-0.25, -0.2) is 0 Å². The number of thioether (sulfide) groups is 1. The lowest BCUT2D eigenvalue weighted by molar-refractivity contribution is -0.127. The molecule has 0 aromatic heterocycles. The topological polar surface area (TPSA) is 38.3 Å². The van der Waals surface area contributed by atoms with Crippen molar-refractivity contribution in [3.05, 3.63) is 65.2 Å². The molecule has 4 heteroatoms. The summed E-state index contributed by atoms with van der Waals surface area (Å²) < 4.78 is 5.92. The standard InChI is InChI=1S/C24H33NO2S/c1-6-22(27-21-13-11-20(12-14-21)24(3,4)5)23(26)25-15-16-28-17-19-10-8-7-9-18(19)2/h7-14,22H,6,15-17H2,1-5H3,(H,25,26)/t22-/m0/s1. The fraction of sp³-hybridized carbons (Fsp3) is 0.458. The van der Waals surface area contributed by atoms with Crippen LogP contribution in [-0.2, 0) is 16.0 Å². The van der Waals surface area contributed by atoms with Gasteiger partial charge in [0.1, 0.15) is 5.75 Å². The van der Waals surface area contributed by atoms with Crippen molar-refractivity contribution in [2.45, 2.75) is 58.3 Å². The molecule has 0 bridgehead atoms. The summed E-state index contributed by atoms with van der Waals surface area (Å²) in [7, 11) is 0. The van der Waals surface area contributed by atoms with Crippen LogP contribution in [0.5, 0.6) is 5.75 Å². The van der Waals surface area contributed by atoms with Gasteiger partial charge >= 0.3 is 0 Å². The van der Waals surface area contributed by atoms with Gasteiger partial charge in [0.25, 0.3) is 5.91 Å². The number of nitrogens with one attached hydrogen (secondary N) is 1. The fourth-order valence-corrected chi connectivity index (χ4v) is 3.77. The first kappa shape index (κ1) is 22.4. The summed E-state index contributed by atoms with van der Waals surface area (Å²) in [5, 5.41) is 3.01. The fourth-order valence-electron chi connectivity index (χ4n) is 2.83. The molecular weight excluding hydrogens is 366 g/mol. The number of benzene rings is 2. The van der Waals surface area contributed by atoms with Gasteiger partial charge < -0.3 is 10.1 Å². The predicted octanol–water partition coefficient (Wildman–Crippen LogP) is 5.50. The molecule has 0 aliphatic rings. The molecule has 0 saturated heterocycles. The second-order valence-corrected chi connectivity index (χ2v) is 9.16. The average molecular weight is 400 g/mol. The highest BCUT2D eigenvalue weighted by Crippen LogP contribution is 2.25. The van der Waals surface area contributed by atoms with Gasteiger partial charge in [-0.3, -0.25) is 4.79 Å². The highest BCUT2D eigenvalue weighted by molar-refractivity contribution is 7.98. The lowest BCUT2D eigenvalue weighted by Gasteiger charge is -2.21. The minimum atomic E-state index is -0.457.